The van der Waals surface area contributed by atoms with Gasteiger partial charge in [-0.25, -0.2) is 0 Å². The molecule has 2 aliphatic carbocycles. The zero-order valence-electron chi connectivity index (χ0n) is 39.5. The lowest BCUT2D eigenvalue weighted by Crippen LogP contribution is -2.15. The molecule has 0 atom stereocenters. The van der Waals surface area contributed by atoms with Crippen LogP contribution in [0.2, 0.25) is 0 Å². The molecule has 6 heteroatoms. The number of fused-ring (bicyclic) bond motifs is 8. The van der Waals surface area contributed by atoms with Crippen LogP contribution >= 0.6 is 0 Å². The highest BCUT2D eigenvalue weighted by Gasteiger charge is 2.37. The lowest BCUT2D eigenvalue weighted by atomic mass is 9.79. The fraction of sp³-hybridized carbons (Fsp3) is 0.0938. The molecular formula is C64H48N6. The number of benzene rings is 7. The molecule has 0 bridgehead atoms. The van der Waals surface area contributed by atoms with Crippen molar-refractivity contribution in [2.24, 2.45) is 0 Å². The van der Waals surface area contributed by atoms with Crippen LogP contribution in [0.5, 0.6) is 0 Å². The Bertz CT molecular complexity index is 3500. The van der Waals surface area contributed by atoms with Gasteiger partial charge in [-0.15, -0.1) is 0 Å². The Balaban J connectivity index is 1.15. The van der Waals surface area contributed by atoms with Crippen molar-refractivity contribution in [3.63, 3.8) is 0 Å². The normalized spacial score (nSPS) is 13.7. The molecule has 0 N–H and O–H groups in total. The molecule has 0 aliphatic heterocycles. The second kappa shape index (κ2) is 15.9. The fourth-order valence-electron chi connectivity index (χ4n) is 11.7. The first-order valence-electron chi connectivity index (χ1n) is 24.0. The molecule has 4 heterocycles. The third-order valence-corrected chi connectivity index (χ3v) is 15.0. The highest BCUT2D eigenvalue weighted by Crippen LogP contribution is 2.54. The molecule has 0 saturated heterocycles. The highest BCUT2D eigenvalue weighted by atomic mass is 15.2. The van der Waals surface area contributed by atoms with E-state index in [9.17, 15) is 0 Å². The second-order valence-electron chi connectivity index (χ2n) is 19.6. The van der Waals surface area contributed by atoms with E-state index in [4.69, 9.17) is 0 Å². The van der Waals surface area contributed by atoms with Crippen LogP contribution in [0, 0.1) is 0 Å². The Morgan fingerprint density at radius 2 is 0.614 bits per heavy atom. The highest BCUT2D eigenvalue weighted by molar-refractivity contribution is 6.23. The van der Waals surface area contributed by atoms with E-state index in [0.717, 1.165) is 44.9 Å². The van der Waals surface area contributed by atoms with Gasteiger partial charge in [-0.2, -0.15) is 0 Å². The van der Waals surface area contributed by atoms with Gasteiger partial charge in [0.2, 0.25) is 0 Å². The molecule has 6 nitrogen and oxygen atoms in total. The van der Waals surface area contributed by atoms with Crippen LogP contribution < -0.4 is 9.80 Å². The quantitative estimate of drug-likeness (QED) is 0.142. The van der Waals surface area contributed by atoms with Gasteiger partial charge in [-0.3, -0.25) is 19.9 Å². The Morgan fingerprint density at radius 1 is 0.286 bits per heavy atom. The minimum Gasteiger partial charge on any atom is -0.310 e. The molecule has 334 valence electrons. The van der Waals surface area contributed by atoms with Crippen molar-refractivity contribution < 1.29 is 0 Å². The molecule has 0 saturated carbocycles. The van der Waals surface area contributed by atoms with Crippen molar-refractivity contribution >= 4 is 55.7 Å². The first-order chi connectivity index (χ1) is 34.3. The molecule has 13 rings (SSSR count). The number of rotatable bonds is 8. The van der Waals surface area contributed by atoms with Gasteiger partial charge < -0.3 is 9.80 Å². The molecule has 4 aromatic heterocycles. The van der Waals surface area contributed by atoms with Crippen LogP contribution in [-0.2, 0) is 10.8 Å². The van der Waals surface area contributed by atoms with Crippen LogP contribution in [0.3, 0.4) is 0 Å². The van der Waals surface area contributed by atoms with E-state index in [1.165, 1.54) is 77.5 Å². The molecule has 0 spiro atoms. The van der Waals surface area contributed by atoms with Crippen LogP contribution in [0.1, 0.15) is 49.9 Å². The van der Waals surface area contributed by atoms with E-state index in [-0.39, 0.29) is 10.8 Å². The van der Waals surface area contributed by atoms with Gasteiger partial charge in [0, 0.05) is 94.5 Å². The summed E-state index contributed by atoms with van der Waals surface area (Å²) >= 11 is 0. The zero-order chi connectivity index (χ0) is 47.1. The van der Waals surface area contributed by atoms with Crippen molar-refractivity contribution in [2.75, 3.05) is 9.80 Å². The molecule has 70 heavy (non-hydrogen) atoms. The van der Waals surface area contributed by atoms with Crippen molar-refractivity contribution in [1.29, 1.82) is 0 Å². The van der Waals surface area contributed by atoms with Crippen LogP contribution in [-0.4, -0.2) is 19.9 Å². The molecule has 0 fully saturated rings. The summed E-state index contributed by atoms with van der Waals surface area (Å²) in [5.41, 5.74) is 21.1. The summed E-state index contributed by atoms with van der Waals surface area (Å²) in [7, 11) is 0. The van der Waals surface area contributed by atoms with Gasteiger partial charge in [0.1, 0.15) is 0 Å². The van der Waals surface area contributed by atoms with Gasteiger partial charge in [-0.1, -0.05) is 113 Å². The summed E-state index contributed by atoms with van der Waals surface area (Å²) < 4.78 is 0. The van der Waals surface area contributed by atoms with E-state index in [1.54, 1.807) is 0 Å². The maximum absolute atomic E-state index is 4.41. The topological polar surface area (TPSA) is 58.0 Å². The lowest BCUT2D eigenvalue weighted by molar-refractivity contribution is 0.660. The Hall–Kier alpha value is -8.74. The van der Waals surface area contributed by atoms with E-state index >= 15 is 0 Å². The van der Waals surface area contributed by atoms with Crippen molar-refractivity contribution in [1.82, 2.24) is 19.9 Å². The fourth-order valence-corrected chi connectivity index (χ4v) is 11.7. The maximum atomic E-state index is 4.41. The zero-order valence-corrected chi connectivity index (χ0v) is 39.5. The van der Waals surface area contributed by atoms with E-state index in [1.807, 2.05) is 49.6 Å². The summed E-state index contributed by atoms with van der Waals surface area (Å²) in [5, 5.41) is 4.67. The van der Waals surface area contributed by atoms with Crippen LogP contribution in [0.15, 0.2) is 219 Å². The molecule has 0 radical (unpaired) electrons. The molecular weight excluding hydrogens is 853 g/mol. The van der Waals surface area contributed by atoms with Gasteiger partial charge in [-0.05, 0) is 173 Å². The van der Waals surface area contributed by atoms with Crippen molar-refractivity contribution in [2.45, 2.75) is 38.5 Å². The third kappa shape index (κ3) is 6.40. The Labute approximate surface area is 408 Å². The minimum atomic E-state index is -0.185. The van der Waals surface area contributed by atoms with E-state index < -0.39 is 0 Å². The molecule has 7 aromatic carbocycles. The number of nitrogens with zero attached hydrogens (tertiary/aromatic N) is 6. The second-order valence-corrected chi connectivity index (χ2v) is 19.6. The molecule has 0 amide bonds. The van der Waals surface area contributed by atoms with E-state index in [2.05, 4.69) is 227 Å². The Kier molecular flexibility index (Phi) is 9.43. The minimum absolute atomic E-state index is 0.185. The summed E-state index contributed by atoms with van der Waals surface area (Å²) in [4.78, 5) is 22.3. The molecule has 0 unspecified atom stereocenters. The van der Waals surface area contributed by atoms with Gasteiger partial charge in [0.15, 0.2) is 0 Å². The monoisotopic (exact) mass is 900 g/mol. The molecule has 11 aromatic rings. The average molecular weight is 901 g/mol. The summed E-state index contributed by atoms with van der Waals surface area (Å²) in [6.45, 7) is 9.47. The smallest absolute Gasteiger partial charge is 0.0492 e. The average Bonchev–Trinajstić information content (AvgIpc) is 3.78. The number of aromatic nitrogens is 4. The van der Waals surface area contributed by atoms with Crippen molar-refractivity contribution in [3.05, 3.63) is 242 Å². The van der Waals surface area contributed by atoms with Gasteiger partial charge >= 0.3 is 0 Å². The Morgan fingerprint density at radius 3 is 0.971 bits per heavy atom. The summed E-state index contributed by atoms with van der Waals surface area (Å²) in [5.74, 6) is 0. The molecule has 2 aliphatic rings. The van der Waals surface area contributed by atoms with Crippen LogP contribution in [0.4, 0.5) is 34.1 Å². The first-order valence-corrected chi connectivity index (χ1v) is 24.0. The van der Waals surface area contributed by atoms with Gasteiger partial charge in [0.05, 0.1) is 0 Å². The third-order valence-electron chi connectivity index (χ3n) is 15.0. The van der Waals surface area contributed by atoms with E-state index in [0.29, 0.717) is 0 Å². The summed E-state index contributed by atoms with van der Waals surface area (Å²) in [6.07, 6.45) is 14.9. The number of pyridine rings is 4. The first kappa shape index (κ1) is 41.4. The van der Waals surface area contributed by atoms with Crippen molar-refractivity contribution in [3.8, 4) is 44.5 Å². The van der Waals surface area contributed by atoms with Crippen LogP contribution in [0.25, 0.3) is 66.1 Å². The number of anilines is 6. The predicted molar refractivity (Wildman–Crippen MR) is 288 cm³/mol. The predicted octanol–water partition coefficient (Wildman–Crippen LogP) is 16.5. The summed E-state index contributed by atoms with van der Waals surface area (Å²) in [6, 6.07) is 62.8. The van der Waals surface area contributed by atoms with Gasteiger partial charge in [0.25, 0.3) is 0 Å². The standard InChI is InChI=1S/C64H48N6/c1-63(2)57-11-7-5-9-49(57)51-17-13-41(37-59(51)63)61-53-19-15-48(70(45-25-33-67-34-26-45)46-27-35-68-36-28-46)40-56(53)62(42-14-18-52-50-10-6-8-12-58(50)64(3,4)60(52)38-42)54-20-16-47(39-55(54)61)69(43-21-29-65-30-22-43)44-23-31-66-32-24-44/h5-40H,1-4H3. The SMILES string of the molecule is CC1(C)c2ccccc2-c2ccc(-c3c4ccc(N(c5ccncc5)c5ccncc5)cc4c(-c4ccc5c(c4)C(C)(C)c4ccccc4-5)c4ccc(N(c5ccncc5)c5ccncc5)cc34)cc21. The largest absolute Gasteiger partial charge is 0.310 e. The number of hydrogen-bond donors (Lipinski definition) is 0. The number of hydrogen-bond acceptors (Lipinski definition) is 6. The maximum Gasteiger partial charge on any atom is 0.0492 e. The lowest BCUT2D eigenvalue weighted by Gasteiger charge is -2.28.